The molecule has 0 fully saturated rings. The van der Waals surface area contributed by atoms with Gasteiger partial charge in [0.15, 0.2) is 0 Å². The number of hydrogen-bond acceptors (Lipinski definition) is 6. The minimum absolute atomic E-state index is 0.0319. The van der Waals surface area contributed by atoms with Crippen LogP contribution < -0.4 is 5.11 Å². The van der Waals surface area contributed by atoms with Crippen LogP contribution in [-0.2, 0) is 4.79 Å². The molecule has 0 saturated carbocycles. The molecule has 5 nitrogen and oxygen atoms in total. The van der Waals surface area contributed by atoms with Crippen LogP contribution in [0.15, 0.2) is 69.1 Å². The molecule has 0 aliphatic carbocycles. The standard InChI is InChI=1S/C17H11ClN2O3S/c18-13-9-5-4-8-12(13)15-19-20-17(23-15)24-14(16(21)22)10-11-6-2-1-3-7-11/h1-10H,(H,21,22)/p-1/b14-10+. The lowest BCUT2D eigenvalue weighted by molar-refractivity contribution is -0.298. The molecule has 120 valence electrons. The average Bonchev–Trinajstić information content (AvgIpc) is 3.04. The van der Waals surface area contributed by atoms with Crippen LogP contribution in [0.5, 0.6) is 0 Å². The van der Waals surface area contributed by atoms with Gasteiger partial charge in [-0.3, -0.25) is 0 Å². The van der Waals surface area contributed by atoms with Crippen molar-refractivity contribution in [3.63, 3.8) is 0 Å². The summed E-state index contributed by atoms with van der Waals surface area (Å²) in [5.74, 6) is -1.10. The molecule has 0 aliphatic heterocycles. The van der Waals surface area contributed by atoms with Gasteiger partial charge in [-0.25, -0.2) is 0 Å². The van der Waals surface area contributed by atoms with E-state index in [2.05, 4.69) is 10.2 Å². The van der Waals surface area contributed by atoms with Gasteiger partial charge in [-0.1, -0.05) is 54.1 Å². The van der Waals surface area contributed by atoms with Crippen molar-refractivity contribution in [1.82, 2.24) is 10.2 Å². The van der Waals surface area contributed by atoms with Crippen LogP contribution in [0.3, 0.4) is 0 Å². The lowest BCUT2D eigenvalue weighted by atomic mass is 10.2. The number of nitrogens with zero attached hydrogens (tertiary/aromatic N) is 2. The summed E-state index contributed by atoms with van der Waals surface area (Å²) in [7, 11) is 0. The molecular weight excluding hydrogens is 348 g/mol. The van der Waals surface area contributed by atoms with Crippen molar-refractivity contribution in [2.75, 3.05) is 0 Å². The SMILES string of the molecule is O=C([O-])/C(=C\c1ccccc1)Sc1nnc(-c2ccccc2Cl)o1. The first kappa shape index (κ1) is 16.3. The van der Waals surface area contributed by atoms with Crippen LogP contribution in [0.1, 0.15) is 5.56 Å². The first-order chi connectivity index (χ1) is 11.6. The number of aliphatic carboxylic acids is 1. The molecule has 0 radical (unpaired) electrons. The zero-order valence-electron chi connectivity index (χ0n) is 12.2. The van der Waals surface area contributed by atoms with Gasteiger partial charge >= 0.3 is 0 Å². The Balaban J connectivity index is 1.86. The van der Waals surface area contributed by atoms with Crippen molar-refractivity contribution >= 4 is 35.4 Å². The molecule has 0 saturated heterocycles. The highest BCUT2D eigenvalue weighted by atomic mass is 35.5. The molecule has 0 N–H and O–H groups in total. The number of benzene rings is 2. The molecule has 0 aliphatic rings. The van der Waals surface area contributed by atoms with Gasteiger partial charge in [0, 0.05) is 4.91 Å². The maximum Gasteiger partial charge on any atom is 0.281 e. The monoisotopic (exact) mass is 357 g/mol. The van der Waals surface area contributed by atoms with Crippen molar-refractivity contribution in [2.24, 2.45) is 0 Å². The molecule has 0 spiro atoms. The summed E-state index contributed by atoms with van der Waals surface area (Å²) in [6.07, 6.45) is 1.49. The maximum atomic E-state index is 11.3. The third-order valence-corrected chi connectivity index (χ3v) is 4.18. The Morgan fingerprint density at radius 1 is 1.08 bits per heavy atom. The Bertz CT molecular complexity index is 894. The predicted octanol–water partition coefficient (Wildman–Crippen LogP) is 3.27. The number of carboxylic acids is 1. The zero-order valence-corrected chi connectivity index (χ0v) is 13.8. The second-order valence-electron chi connectivity index (χ2n) is 4.66. The number of rotatable bonds is 5. The molecule has 0 bridgehead atoms. The maximum absolute atomic E-state index is 11.3. The van der Waals surface area contributed by atoms with Gasteiger partial charge in [-0.15, -0.1) is 10.2 Å². The molecule has 24 heavy (non-hydrogen) atoms. The summed E-state index contributed by atoms with van der Waals surface area (Å²) in [6, 6.07) is 16.1. The number of hydrogen-bond donors (Lipinski definition) is 0. The van der Waals surface area contributed by atoms with E-state index in [1.807, 2.05) is 18.2 Å². The van der Waals surface area contributed by atoms with Crippen LogP contribution in [0.25, 0.3) is 17.5 Å². The molecule has 0 amide bonds. The Hall–Kier alpha value is -2.57. The highest BCUT2D eigenvalue weighted by Gasteiger charge is 2.14. The van der Waals surface area contributed by atoms with Gasteiger partial charge in [-0.05, 0) is 35.5 Å². The highest BCUT2D eigenvalue weighted by molar-refractivity contribution is 8.03. The minimum atomic E-state index is -1.32. The van der Waals surface area contributed by atoms with Gasteiger partial charge in [0.05, 0.1) is 16.6 Å². The van der Waals surface area contributed by atoms with Gasteiger partial charge in [0.1, 0.15) is 0 Å². The molecule has 7 heteroatoms. The molecular formula is C17H10ClN2O3S-. The van der Waals surface area contributed by atoms with E-state index in [0.717, 1.165) is 17.3 Å². The van der Waals surface area contributed by atoms with E-state index in [4.69, 9.17) is 16.0 Å². The second-order valence-corrected chi connectivity index (χ2v) is 6.06. The Kier molecular flexibility index (Phi) is 4.98. The molecule has 1 heterocycles. The first-order valence-corrected chi connectivity index (χ1v) is 8.07. The van der Waals surface area contributed by atoms with E-state index in [-0.39, 0.29) is 16.0 Å². The van der Waals surface area contributed by atoms with E-state index in [0.29, 0.717) is 10.6 Å². The number of carbonyl (C=O) groups is 1. The number of halogens is 1. The molecule has 2 aromatic carbocycles. The summed E-state index contributed by atoms with van der Waals surface area (Å²) >= 11 is 6.91. The Morgan fingerprint density at radius 3 is 2.50 bits per heavy atom. The second kappa shape index (κ2) is 7.33. The Labute approximate surface area is 147 Å². The number of aromatic nitrogens is 2. The molecule has 0 atom stereocenters. The summed E-state index contributed by atoms with van der Waals surface area (Å²) in [6.45, 7) is 0. The van der Waals surface area contributed by atoms with Crippen LogP contribution in [-0.4, -0.2) is 16.2 Å². The quantitative estimate of drug-likeness (QED) is 0.515. The first-order valence-electron chi connectivity index (χ1n) is 6.88. The average molecular weight is 358 g/mol. The van der Waals surface area contributed by atoms with Crippen LogP contribution >= 0.6 is 23.4 Å². The fraction of sp³-hybridized carbons (Fsp3) is 0. The van der Waals surface area contributed by atoms with Gasteiger partial charge in [0.25, 0.3) is 5.22 Å². The van der Waals surface area contributed by atoms with Crippen molar-refractivity contribution in [2.45, 2.75) is 5.22 Å². The van der Waals surface area contributed by atoms with Crippen molar-refractivity contribution in [3.8, 4) is 11.5 Å². The van der Waals surface area contributed by atoms with Crippen LogP contribution in [0.4, 0.5) is 0 Å². The number of carboxylic acid groups (broad SMARTS) is 1. The molecule has 3 rings (SSSR count). The number of carbonyl (C=O) groups excluding carboxylic acids is 1. The summed E-state index contributed by atoms with van der Waals surface area (Å²) in [4.78, 5) is 11.3. The topological polar surface area (TPSA) is 79.0 Å². The van der Waals surface area contributed by atoms with Crippen LogP contribution in [0.2, 0.25) is 5.02 Å². The highest BCUT2D eigenvalue weighted by Crippen LogP contribution is 2.31. The third kappa shape index (κ3) is 3.84. The minimum Gasteiger partial charge on any atom is -0.544 e. The van der Waals surface area contributed by atoms with E-state index in [1.54, 1.807) is 36.4 Å². The summed E-state index contributed by atoms with van der Waals surface area (Å²) < 4.78 is 5.49. The smallest absolute Gasteiger partial charge is 0.281 e. The summed E-state index contributed by atoms with van der Waals surface area (Å²) in [5, 5.41) is 19.6. The largest absolute Gasteiger partial charge is 0.544 e. The lowest BCUT2D eigenvalue weighted by Crippen LogP contribution is -2.22. The number of thioether (sulfide) groups is 1. The van der Waals surface area contributed by atoms with Crippen molar-refractivity contribution in [3.05, 3.63) is 70.1 Å². The van der Waals surface area contributed by atoms with E-state index in [1.165, 1.54) is 6.08 Å². The van der Waals surface area contributed by atoms with E-state index < -0.39 is 5.97 Å². The normalized spacial score (nSPS) is 11.5. The van der Waals surface area contributed by atoms with E-state index >= 15 is 0 Å². The third-order valence-electron chi connectivity index (χ3n) is 3.01. The van der Waals surface area contributed by atoms with Gasteiger partial charge < -0.3 is 14.3 Å². The van der Waals surface area contributed by atoms with Crippen molar-refractivity contribution in [1.29, 1.82) is 0 Å². The zero-order chi connectivity index (χ0) is 16.9. The van der Waals surface area contributed by atoms with E-state index in [9.17, 15) is 9.90 Å². The molecule has 3 aromatic rings. The lowest BCUT2D eigenvalue weighted by Gasteiger charge is -2.05. The fourth-order valence-corrected chi connectivity index (χ4v) is 2.80. The molecule has 1 aromatic heterocycles. The van der Waals surface area contributed by atoms with Crippen LogP contribution in [0, 0.1) is 0 Å². The Morgan fingerprint density at radius 2 is 1.79 bits per heavy atom. The predicted molar refractivity (Wildman–Crippen MR) is 90.0 cm³/mol. The fourth-order valence-electron chi connectivity index (χ4n) is 1.92. The van der Waals surface area contributed by atoms with Crippen molar-refractivity contribution < 1.29 is 14.3 Å². The van der Waals surface area contributed by atoms with Gasteiger partial charge in [0.2, 0.25) is 5.89 Å². The molecule has 0 unspecified atom stereocenters. The summed E-state index contributed by atoms with van der Waals surface area (Å²) in [5.41, 5.74) is 1.32. The van der Waals surface area contributed by atoms with Gasteiger partial charge in [-0.2, -0.15) is 0 Å².